The average Bonchev–Trinajstić information content (AvgIpc) is 3.28. The molecule has 6 nitrogen and oxygen atoms in total. The molecule has 2 amide bonds. The van der Waals surface area contributed by atoms with Crippen molar-refractivity contribution in [3.63, 3.8) is 0 Å². The molecule has 7 heteroatoms. The number of rotatable bonds is 6. The molecule has 1 heterocycles. The smallest absolute Gasteiger partial charge is 0.249 e. The molecule has 0 radical (unpaired) electrons. The number of aliphatic hydroxyl groups excluding tert-OH is 1. The van der Waals surface area contributed by atoms with Gasteiger partial charge in [0.25, 0.3) is 0 Å². The van der Waals surface area contributed by atoms with E-state index in [9.17, 15) is 14.7 Å². The lowest BCUT2D eigenvalue weighted by atomic mass is 10.1. The average molecular weight is 366 g/mol. The molecule has 3 rings (SSSR count). The van der Waals surface area contributed by atoms with Gasteiger partial charge >= 0.3 is 0 Å². The zero-order valence-corrected chi connectivity index (χ0v) is 15.1. The molecule has 1 aromatic carbocycles. The molecule has 1 saturated carbocycles. The Morgan fingerprint density at radius 3 is 2.52 bits per heavy atom. The van der Waals surface area contributed by atoms with Gasteiger partial charge in [-0.05, 0) is 50.8 Å². The van der Waals surface area contributed by atoms with E-state index < -0.39 is 18.1 Å². The summed E-state index contributed by atoms with van der Waals surface area (Å²) in [6.45, 7) is 3.46. The van der Waals surface area contributed by atoms with Crippen LogP contribution in [0.5, 0.6) is 0 Å². The van der Waals surface area contributed by atoms with Crippen LogP contribution in [-0.2, 0) is 9.59 Å². The van der Waals surface area contributed by atoms with Gasteiger partial charge in [0.1, 0.15) is 6.04 Å². The summed E-state index contributed by atoms with van der Waals surface area (Å²) in [4.78, 5) is 26.6. The maximum Gasteiger partial charge on any atom is 0.249 e. The van der Waals surface area contributed by atoms with Gasteiger partial charge in [0.15, 0.2) is 0 Å². The first-order chi connectivity index (χ1) is 12.0. The summed E-state index contributed by atoms with van der Waals surface area (Å²) in [5.74, 6) is -0.652. The highest BCUT2D eigenvalue weighted by molar-refractivity contribution is 6.33. The van der Waals surface area contributed by atoms with Crippen molar-refractivity contribution in [2.45, 2.75) is 44.8 Å². The third kappa shape index (κ3) is 4.44. The molecule has 2 atom stereocenters. The molecular formula is C18H24ClN3O3. The van der Waals surface area contributed by atoms with Gasteiger partial charge in [0, 0.05) is 24.7 Å². The number of amides is 2. The standard InChI is InChI=1S/C18H24ClN3O3/c1-11(23)16(21-17(24)12-4-5-12)18(25)20-13-6-7-15(14(19)10-13)22-8-2-3-9-22/h6-7,10-12,16,23H,2-5,8-9H2,1H3,(H,20,25)(H,21,24). The van der Waals surface area contributed by atoms with Crippen molar-refractivity contribution < 1.29 is 14.7 Å². The van der Waals surface area contributed by atoms with Crippen LogP contribution in [0.15, 0.2) is 18.2 Å². The molecule has 1 aromatic rings. The van der Waals surface area contributed by atoms with Crippen molar-refractivity contribution >= 4 is 34.8 Å². The van der Waals surface area contributed by atoms with E-state index in [2.05, 4.69) is 15.5 Å². The van der Waals surface area contributed by atoms with E-state index in [1.165, 1.54) is 6.92 Å². The van der Waals surface area contributed by atoms with Crippen LogP contribution in [0.1, 0.15) is 32.6 Å². The fourth-order valence-corrected chi connectivity index (χ4v) is 3.34. The summed E-state index contributed by atoms with van der Waals surface area (Å²) in [6.07, 6.45) is 3.01. The summed E-state index contributed by atoms with van der Waals surface area (Å²) < 4.78 is 0. The second kappa shape index (κ2) is 7.62. The SMILES string of the molecule is CC(O)C(NC(=O)C1CC1)C(=O)Nc1ccc(N2CCCC2)c(Cl)c1. The monoisotopic (exact) mass is 365 g/mol. The van der Waals surface area contributed by atoms with Crippen LogP contribution in [0.4, 0.5) is 11.4 Å². The highest BCUT2D eigenvalue weighted by Gasteiger charge is 2.34. The number of anilines is 2. The summed E-state index contributed by atoms with van der Waals surface area (Å²) in [5.41, 5.74) is 1.51. The topological polar surface area (TPSA) is 81.7 Å². The maximum absolute atomic E-state index is 12.4. The van der Waals surface area contributed by atoms with Gasteiger partial charge in [0.05, 0.1) is 16.8 Å². The lowest BCUT2D eigenvalue weighted by molar-refractivity contribution is -0.129. The first kappa shape index (κ1) is 18.0. The normalized spacial score (nSPS) is 19.4. The Morgan fingerprint density at radius 1 is 1.28 bits per heavy atom. The minimum Gasteiger partial charge on any atom is -0.391 e. The van der Waals surface area contributed by atoms with Crippen LogP contribution in [0.3, 0.4) is 0 Å². The minimum absolute atomic E-state index is 0.0248. The first-order valence-corrected chi connectivity index (χ1v) is 9.17. The fraction of sp³-hybridized carbons (Fsp3) is 0.556. The number of halogens is 1. The van der Waals surface area contributed by atoms with E-state index in [-0.39, 0.29) is 11.8 Å². The molecule has 25 heavy (non-hydrogen) atoms. The van der Waals surface area contributed by atoms with Gasteiger partial charge in [-0.3, -0.25) is 9.59 Å². The highest BCUT2D eigenvalue weighted by Crippen LogP contribution is 2.31. The Kier molecular flexibility index (Phi) is 5.49. The third-order valence-corrected chi connectivity index (χ3v) is 4.98. The van der Waals surface area contributed by atoms with E-state index in [1.54, 1.807) is 12.1 Å². The van der Waals surface area contributed by atoms with Crippen molar-refractivity contribution in [3.8, 4) is 0 Å². The number of carbonyl (C=O) groups excluding carboxylic acids is 2. The Bertz CT molecular complexity index is 655. The fourth-order valence-electron chi connectivity index (χ4n) is 3.04. The van der Waals surface area contributed by atoms with E-state index >= 15 is 0 Å². The van der Waals surface area contributed by atoms with Crippen LogP contribution in [0, 0.1) is 5.92 Å². The van der Waals surface area contributed by atoms with Crippen molar-refractivity contribution in [2.75, 3.05) is 23.3 Å². The number of nitrogens with zero attached hydrogens (tertiary/aromatic N) is 1. The molecule has 0 aromatic heterocycles. The van der Waals surface area contributed by atoms with Crippen molar-refractivity contribution in [3.05, 3.63) is 23.2 Å². The van der Waals surface area contributed by atoms with Crippen molar-refractivity contribution in [1.82, 2.24) is 5.32 Å². The van der Waals surface area contributed by atoms with Crippen LogP contribution in [-0.4, -0.2) is 42.2 Å². The maximum atomic E-state index is 12.4. The summed E-state index contributed by atoms with van der Waals surface area (Å²) in [6, 6.07) is 4.41. The van der Waals surface area contributed by atoms with Gasteiger partial charge in [-0.25, -0.2) is 0 Å². The largest absolute Gasteiger partial charge is 0.391 e. The molecule has 2 aliphatic rings. The van der Waals surface area contributed by atoms with Gasteiger partial charge < -0.3 is 20.6 Å². The van der Waals surface area contributed by atoms with E-state index in [0.717, 1.165) is 44.5 Å². The Balaban J connectivity index is 1.65. The van der Waals surface area contributed by atoms with Gasteiger partial charge in [0.2, 0.25) is 11.8 Å². The minimum atomic E-state index is -0.984. The molecule has 1 aliphatic heterocycles. The summed E-state index contributed by atoms with van der Waals surface area (Å²) in [7, 11) is 0. The Hall–Kier alpha value is -1.79. The van der Waals surface area contributed by atoms with Crippen molar-refractivity contribution in [1.29, 1.82) is 0 Å². The number of benzene rings is 1. The number of carbonyl (C=O) groups is 2. The van der Waals surface area contributed by atoms with Crippen molar-refractivity contribution in [2.24, 2.45) is 5.92 Å². The quantitative estimate of drug-likeness (QED) is 0.721. The molecule has 2 fully saturated rings. The van der Waals surface area contributed by atoms with Crippen LogP contribution in [0.2, 0.25) is 5.02 Å². The Labute approximate surface area is 152 Å². The van der Waals surface area contributed by atoms with Gasteiger partial charge in [-0.2, -0.15) is 0 Å². The van der Waals surface area contributed by atoms with E-state index in [0.29, 0.717) is 10.7 Å². The lowest BCUT2D eigenvalue weighted by Crippen LogP contribution is -2.50. The van der Waals surface area contributed by atoms with Crippen LogP contribution < -0.4 is 15.5 Å². The second-order valence-corrected chi connectivity index (χ2v) is 7.26. The molecule has 0 bridgehead atoms. The predicted molar refractivity (Wildman–Crippen MR) is 97.9 cm³/mol. The second-order valence-electron chi connectivity index (χ2n) is 6.85. The molecule has 2 unspecified atom stereocenters. The molecule has 136 valence electrons. The van der Waals surface area contributed by atoms with Crippen LogP contribution >= 0.6 is 11.6 Å². The zero-order chi connectivity index (χ0) is 18.0. The number of hydrogen-bond donors (Lipinski definition) is 3. The number of nitrogens with one attached hydrogen (secondary N) is 2. The summed E-state index contributed by atoms with van der Waals surface area (Å²) in [5, 5.41) is 15.8. The van der Waals surface area contributed by atoms with E-state index in [4.69, 9.17) is 11.6 Å². The van der Waals surface area contributed by atoms with Gasteiger partial charge in [-0.15, -0.1) is 0 Å². The van der Waals surface area contributed by atoms with Gasteiger partial charge in [-0.1, -0.05) is 11.6 Å². The highest BCUT2D eigenvalue weighted by atomic mass is 35.5. The zero-order valence-electron chi connectivity index (χ0n) is 14.3. The lowest BCUT2D eigenvalue weighted by Gasteiger charge is -2.22. The number of aliphatic hydroxyl groups is 1. The molecule has 3 N–H and O–H groups in total. The third-order valence-electron chi connectivity index (χ3n) is 4.67. The molecular weight excluding hydrogens is 342 g/mol. The first-order valence-electron chi connectivity index (χ1n) is 8.79. The predicted octanol–water partition coefficient (Wildman–Crippen LogP) is 2.15. The number of hydrogen-bond acceptors (Lipinski definition) is 4. The van der Waals surface area contributed by atoms with E-state index in [1.807, 2.05) is 6.07 Å². The Morgan fingerprint density at radius 2 is 1.96 bits per heavy atom. The summed E-state index contributed by atoms with van der Waals surface area (Å²) >= 11 is 6.36. The molecule has 1 saturated heterocycles. The van der Waals surface area contributed by atoms with Crippen LogP contribution in [0.25, 0.3) is 0 Å². The molecule has 0 spiro atoms. The molecule has 1 aliphatic carbocycles.